The van der Waals surface area contributed by atoms with Crippen LogP contribution in [0, 0.1) is 6.92 Å². The van der Waals surface area contributed by atoms with Crippen LogP contribution in [0.2, 0.25) is 0 Å². The molecule has 0 fully saturated rings. The van der Waals surface area contributed by atoms with Crippen LogP contribution in [0.25, 0.3) is 0 Å². The van der Waals surface area contributed by atoms with E-state index in [1.165, 1.54) is 5.56 Å². The molecule has 0 aromatic heterocycles. The Labute approximate surface area is 77.8 Å². The van der Waals surface area contributed by atoms with Gasteiger partial charge in [0.15, 0.2) is 0 Å². The predicted molar refractivity (Wildman–Crippen MR) is 52.7 cm³/mol. The van der Waals surface area contributed by atoms with Crippen molar-refractivity contribution in [3.8, 4) is 0 Å². The molecule has 0 heterocycles. The fraction of sp³-hybridized carbons (Fsp3) is 0.364. The summed E-state index contributed by atoms with van der Waals surface area (Å²) >= 11 is 0. The number of aldehydes is 1. The molecule has 0 saturated heterocycles. The van der Waals surface area contributed by atoms with Crippen molar-refractivity contribution in [2.45, 2.75) is 25.7 Å². The van der Waals surface area contributed by atoms with E-state index in [0.717, 1.165) is 35.9 Å². The Hall–Kier alpha value is -1.31. The SMILES string of the molecule is Cc1cc2c(cc1N)C(C=O)CC2. The van der Waals surface area contributed by atoms with Gasteiger partial charge in [-0.15, -0.1) is 0 Å². The number of anilines is 1. The number of carbonyl (C=O) groups is 1. The standard InChI is InChI=1S/C11H13NO/c1-7-4-8-2-3-9(6-13)10(8)5-11(7)12/h4-6,9H,2-3,12H2,1H3. The molecule has 0 spiro atoms. The summed E-state index contributed by atoms with van der Waals surface area (Å²) in [5, 5.41) is 0. The minimum atomic E-state index is 0.0814. The molecular formula is C11H13NO. The highest BCUT2D eigenvalue weighted by atomic mass is 16.1. The number of aryl methyl sites for hydroxylation is 2. The van der Waals surface area contributed by atoms with Gasteiger partial charge in [0.1, 0.15) is 6.29 Å². The third kappa shape index (κ3) is 1.22. The van der Waals surface area contributed by atoms with Gasteiger partial charge in [-0.1, -0.05) is 6.07 Å². The summed E-state index contributed by atoms with van der Waals surface area (Å²) in [5.74, 6) is 0.0814. The second-order valence-electron chi connectivity index (χ2n) is 3.69. The van der Waals surface area contributed by atoms with Crippen LogP contribution in [-0.4, -0.2) is 6.29 Å². The molecule has 1 atom stereocenters. The molecule has 2 rings (SSSR count). The van der Waals surface area contributed by atoms with Gasteiger partial charge in [0.05, 0.1) is 0 Å². The maximum Gasteiger partial charge on any atom is 0.127 e. The molecule has 1 aromatic rings. The third-order valence-electron chi connectivity index (χ3n) is 2.82. The highest BCUT2D eigenvalue weighted by molar-refractivity contribution is 5.68. The fourth-order valence-corrected chi connectivity index (χ4v) is 1.97. The van der Waals surface area contributed by atoms with Crippen molar-refractivity contribution in [2.75, 3.05) is 5.73 Å². The Bertz CT molecular complexity index is 357. The zero-order valence-electron chi connectivity index (χ0n) is 7.71. The fourth-order valence-electron chi connectivity index (χ4n) is 1.97. The van der Waals surface area contributed by atoms with E-state index in [2.05, 4.69) is 6.07 Å². The third-order valence-corrected chi connectivity index (χ3v) is 2.82. The summed E-state index contributed by atoms with van der Waals surface area (Å²) < 4.78 is 0. The van der Waals surface area contributed by atoms with Gasteiger partial charge in [0.25, 0.3) is 0 Å². The minimum Gasteiger partial charge on any atom is -0.399 e. The lowest BCUT2D eigenvalue weighted by Crippen LogP contribution is -1.97. The molecule has 0 bridgehead atoms. The van der Waals surface area contributed by atoms with E-state index in [0.29, 0.717) is 0 Å². The van der Waals surface area contributed by atoms with E-state index in [1.807, 2.05) is 13.0 Å². The Morgan fingerprint density at radius 2 is 2.31 bits per heavy atom. The normalized spacial score (nSPS) is 19.9. The van der Waals surface area contributed by atoms with Crippen molar-refractivity contribution in [3.63, 3.8) is 0 Å². The quantitative estimate of drug-likeness (QED) is 0.522. The van der Waals surface area contributed by atoms with Gasteiger partial charge in [0.2, 0.25) is 0 Å². The highest BCUT2D eigenvalue weighted by Crippen LogP contribution is 2.34. The van der Waals surface area contributed by atoms with Crippen molar-refractivity contribution in [3.05, 3.63) is 28.8 Å². The van der Waals surface area contributed by atoms with E-state index in [9.17, 15) is 4.79 Å². The predicted octanol–water partition coefficient (Wildman–Crippen LogP) is 1.81. The molecule has 0 radical (unpaired) electrons. The molecule has 1 aliphatic rings. The highest BCUT2D eigenvalue weighted by Gasteiger charge is 2.22. The van der Waals surface area contributed by atoms with Crippen LogP contribution >= 0.6 is 0 Å². The first-order valence-electron chi connectivity index (χ1n) is 4.56. The average Bonchev–Trinajstić information content (AvgIpc) is 2.48. The molecule has 1 unspecified atom stereocenters. The monoisotopic (exact) mass is 175 g/mol. The number of fused-ring (bicyclic) bond motifs is 1. The first-order valence-corrected chi connectivity index (χ1v) is 4.56. The van der Waals surface area contributed by atoms with Crippen molar-refractivity contribution in [2.24, 2.45) is 0 Å². The maximum absolute atomic E-state index is 10.7. The number of benzene rings is 1. The molecule has 68 valence electrons. The van der Waals surface area contributed by atoms with E-state index < -0.39 is 0 Å². The second kappa shape index (κ2) is 2.87. The molecule has 0 saturated carbocycles. The first kappa shape index (κ1) is 8.30. The lowest BCUT2D eigenvalue weighted by molar-refractivity contribution is -0.109. The molecule has 0 amide bonds. The first-order chi connectivity index (χ1) is 6.22. The number of nitrogen functional groups attached to an aromatic ring is 1. The number of carbonyl (C=O) groups excluding carboxylic acids is 1. The van der Waals surface area contributed by atoms with Crippen molar-refractivity contribution < 1.29 is 4.79 Å². The second-order valence-corrected chi connectivity index (χ2v) is 3.69. The number of hydrogen-bond acceptors (Lipinski definition) is 2. The molecule has 1 aliphatic carbocycles. The van der Waals surface area contributed by atoms with Gasteiger partial charge in [-0.25, -0.2) is 0 Å². The molecule has 1 aromatic carbocycles. The Kier molecular flexibility index (Phi) is 1.83. The van der Waals surface area contributed by atoms with E-state index in [-0.39, 0.29) is 5.92 Å². The molecular weight excluding hydrogens is 162 g/mol. The van der Waals surface area contributed by atoms with Crippen molar-refractivity contribution in [1.82, 2.24) is 0 Å². The van der Waals surface area contributed by atoms with Crippen LogP contribution in [0.1, 0.15) is 29.0 Å². The minimum absolute atomic E-state index is 0.0814. The average molecular weight is 175 g/mol. The topological polar surface area (TPSA) is 43.1 Å². The van der Waals surface area contributed by atoms with Gasteiger partial charge < -0.3 is 10.5 Å². The Morgan fingerprint density at radius 1 is 1.54 bits per heavy atom. The van der Waals surface area contributed by atoms with Gasteiger partial charge in [-0.2, -0.15) is 0 Å². The summed E-state index contributed by atoms with van der Waals surface area (Å²) in [6.07, 6.45) is 2.99. The summed E-state index contributed by atoms with van der Waals surface area (Å²) in [5.41, 5.74) is 10.1. The zero-order valence-corrected chi connectivity index (χ0v) is 7.71. The van der Waals surface area contributed by atoms with Gasteiger partial charge >= 0.3 is 0 Å². The smallest absolute Gasteiger partial charge is 0.127 e. The van der Waals surface area contributed by atoms with Crippen LogP contribution < -0.4 is 5.73 Å². The van der Waals surface area contributed by atoms with Crippen LogP contribution in [0.5, 0.6) is 0 Å². The van der Waals surface area contributed by atoms with Gasteiger partial charge in [-0.3, -0.25) is 0 Å². The van der Waals surface area contributed by atoms with Crippen molar-refractivity contribution in [1.29, 1.82) is 0 Å². The van der Waals surface area contributed by atoms with Crippen LogP contribution in [-0.2, 0) is 11.2 Å². The Balaban J connectivity index is 2.53. The van der Waals surface area contributed by atoms with Crippen LogP contribution in [0.4, 0.5) is 5.69 Å². The lowest BCUT2D eigenvalue weighted by atomic mass is 10.0. The molecule has 2 heteroatoms. The van der Waals surface area contributed by atoms with E-state index in [4.69, 9.17) is 5.73 Å². The van der Waals surface area contributed by atoms with Gasteiger partial charge in [-0.05, 0) is 42.5 Å². The van der Waals surface area contributed by atoms with E-state index in [1.54, 1.807) is 0 Å². The van der Waals surface area contributed by atoms with Gasteiger partial charge in [0, 0.05) is 11.6 Å². The number of rotatable bonds is 1. The molecule has 0 aliphatic heterocycles. The summed E-state index contributed by atoms with van der Waals surface area (Å²) in [7, 11) is 0. The molecule has 2 N–H and O–H groups in total. The lowest BCUT2D eigenvalue weighted by Gasteiger charge is -2.06. The van der Waals surface area contributed by atoms with Crippen LogP contribution in [0.15, 0.2) is 12.1 Å². The summed E-state index contributed by atoms with van der Waals surface area (Å²) in [6, 6.07) is 4.06. The zero-order chi connectivity index (χ0) is 9.42. The van der Waals surface area contributed by atoms with E-state index >= 15 is 0 Å². The van der Waals surface area contributed by atoms with Crippen molar-refractivity contribution >= 4 is 12.0 Å². The number of nitrogens with two attached hydrogens (primary N) is 1. The number of hydrogen-bond donors (Lipinski definition) is 1. The maximum atomic E-state index is 10.7. The molecule has 2 nitrogen and oxygen atoms in total. The summed E-state index contributed by atoms with van der Waals surface area (Å²) in [6.45, 7) is 2.00. The Morgan fingerprint density at radius 3 is 3.00 bits per heavy atom. The largest absolute Gasteiger partial charge is 0.399 e. The summed E-state index contributed by atoms with van der Waals surface area (Å²) in [4.78, 5) is 10.7. The molecule has 13 heavy (non-hydrogen) atoms. The van der Waals surface area contributed by atoms with Crippen LogP contribution in [0.3, 0.4) is 0 Å².